The van der Waals surface area contributed by atoms with E-state index in [1.54, 1.807) is 35.5 Å². The summed E-state index contributed by atoms with van der Waals surface area (Å²) >= 11 is 7.78. The molecule has 0 aliphatic carbocycles. The molecule has 1 aromatic heterocycles. The standard InChI is InChI=1S/C25H26ClN3O3S/c1-32-22-10-9-17(14-20(22)26)15-23(30)29-13-5-8-21(29)24(31)27-12-11-19-16-33-25(28-19)18-6-3-2-4-7-18/h2-4,6-7,9-10,14,16,21H,5,8,11-13,15H2,1H3,(H,27,31). The number of methoxy groups -OCH3 is 1. The molecule has 1 unspecified atom stereocenters. The average molecular weight is 484 g/mol. The van der Waals surface area contributed by atoms with E-state index in [2.05, 4.69) is 10.3 Å². The lowest BCUT2D eigenvalue weighted by atomic mass is 10.1. The van der Waals surface area contributed by atoms with Crippen molar-refractivity contribution in [2.75, 3.05) is 20.2 Å². The molecule has 0 saturated carbocycles. The number of carbonyl (C=O) groups excluding carboxylic acids is 2. The molecular formula is C25H26ClN3O3S. The highest BCUT2D eigenvalue weighted by molar-refractivity contribution is 7.13. The first kappa shape index (κ1) is 23.3. The van der Waals surface area contributed by atoms with Crippen molar-refractivity contribution in [3.05, 3.63) is 70.2 Å². The van der Waals surface area contributed by atoms with Gasteiger partial charge in [0.25, 0.3) is 0 Å². The first-order valence-corrected chi connectivity index (χ1v) is 12.2. The quantitative estimate of drug-likeness (QED) is 0.516. The van der Waals surface area contributed by atoms with E-state index in [-0.39, 0.29) is 18.2 Å². The van der Waals surface area contributed by atoms with E-state index < -0.39 is 6.04 Å². The minimum Gasteiger partial charge on any atom is -0.495 e. The molecule has 6 nitrogen and oxygen atoms in total. The van der Waals surface area contributed by atoms with Crippen LogP contribution in [0.5, 0.6) is 5.75 Å². The highest BCUT2D eigenvalue weighted by Gasteiger charge is 2.33. The summed E-state index contributed by atoms with van der Waals surface area (Å²) in [7, 11) is 1.55. The third-order valence-corrected chi connectivity index (χ3v) is 6.94. The third kappa shape index (κ3) is 5.72. The van der Waals surface area contributed by atoms with Crippen molar-refractivity contribution in [1.29, 1.82) is 0 Å². The van der Waals surface area contributed by atoms with Gasteiger partial charge in [-0.25, -0.2) is 4.98 Å². The van der Waals surface area contributed by atoms with E-state index in [0.29, 0.717) is 36.7 Å². The summed E-state index contributed by atoms with van der Waals surface area (Å²) in [6.07, 6.45) is 2.35. The molecule has 172 valence electrons. The van der Waals surface area contributed by atoms with Crippen molar-refractivity contribution >= 4 is 34.8 Å². The number of aromatic nitrogens is 1. The van der Waals surface area contributed by atoms with Gasteiger partial charge in [0.1, 0.15) is 16.8 Å². The summed E-state index contributed by atoms with van der Waals surface area (Å²) < 4.78 is 5.16. The molecule has 2 amide bonds. The van der Waals surface area contributed by atoms with Gasteiger partial charge in [0, 0.05) is 30.5 Å². The first-order valence-electron chi connectivity index (χ1n) is 10.9. The van der Waals surface area contributed by atoms with Crippen LogP contribution >= 0.6 is 22.9 Å². The second-order valence-electron chi connectivity index (χ2n) is 7.94. The van der Waals surface area contributed by atoms with Crippen LogP contribution in [0.4, 0.5) is 0 Å². The fourth-order valence-electron chi connectivity index (χ4n) is 4.00. The Morgan fingerprint density at radius 2 is 2.06 bits per heavy atom. The van der Waals surface area contributed by atoms with Gasteiger partial charge in [-0.1, -0.05) is 48.0 Å². The largest absolute Gasteiger partial charge is 0.495 e. The summed E-state index contributed by atoms with van der Waals surface area (Å²) in [5, 5.41) is 6.46. The Morgan fingerprint density at radius 3 is 2.82 bits per heavy atom. The maximum absolute atomic E-state index is 12.9. The number of carbonyl (C=O) groups is 2. The number of amides is 2. The van der Waals surface area contributed by atoms with Crippen molar-refractivity contribution < 1.29 is 14.3 Å². The summed E-state index contributed by atoms with van der Waals surface area (Å²) in [6, 6.07) is 14.9. The number of thiazole rings is 1. The SMILES string of the molecule is COc1ccc(CC(=O)N2CCCC2C(=O)NCCc2csc(-c3ccccc3)n2)cc1Cl. The van der Waals surface area contributed by atoms with Gasteiger partial charge < -0.3 is 15.0 Å². The van der Waals surface area contributed by atoms with Crippen LogP contribution in [0.1, 0.15) is 24.1 Å². The second kappa shape index (κ2) is 10.8. The fourth-order valence-corrected chi connectivity index (χ4v) is 5.14. The fraction of sp³-hybridized carbons (Fsp3) is 0.320. The van der Waals surface area contributed by atoms with Gasteiger partial charge in [-0.15, -0.1) is 11.3 Å². The number of hydrogen-bond acceptors (Lipinski definition) is 5. The second-order valence-corrected chi connectivity index (χ2v) is 9.21. The van der Waals surface area contributed by atoms with Crippen molar-refractivity contribution in [2.45, 2.75) is 31.7 Å². The number of halogens is 1. The van der Waals surface area contributed by atoms with Crippen molar-refractivity contribution in [3.63, 3.8) is 0 Å². The van der Waals surface area contributed by atoms with Crippen molar-refractivity contribution in [3.8, 4) is 16.3 Å². The maximum Gasteiger partial charge on any atom is 0.242 e. The lowest BCUT2D eigenvalue weighted by Gasteiger charge is -2.24. The van der Waals surface area contributed by atoms with Crippen LogP contribution < -0.4 is 10.1 Å². The molecule has 1 fully saturated rings. The molecule has 1 N–H and O–H groups in total. The molecule has 2 heterocycles. The van der Waals surface area contributed by atoms with Gasteiger partial charge in [0.2, 0.25) is 11.8 Å². The van der Waals surface area contributed by atoms with Gasteiger partial charge >= 0.3 is 0 Å². The number of rotatable bonds is 8. The van der Waals surface area contributed by atoms with Crippen LogP contribution in [0.2, 0.25) is 5.02 Å². The molecule has 0 spiro atoms. The molecule has 1 aliphatic heterocycles. The molecule has 2 aromatic carbocycles. The molecule has 0 bridgehead atoms. The summed E-state index contributed by atoms with van der Waals surface area (Å²) in [6.45, 7) is 1.08. The number of nitrogens with one attached hydrogen (secondary N) is 1. The Balaban J connectivity index is 1.29. The smallest absolute Gasteiger partial charge is 0.242 e. The first-order chi connectivity index (χ1) is 16.0. The number of benzene rings is 2. The molecule has 8 heteroatoms. The molecule has 3 aromatic rings. The van der Waals surface area contributed by atoms with E-state index in [1.807, 2.05) is 41.8 Å². The maximum atomic E-state index is 12.9. The summed E-state index contributed by atoms with van der Waals surface area (Å²) in [4.78, 5) is 32.0. The summed E-state index contributed by atoms with van der Waals surface area (Å²) in [5.41, 5.74) is 2.85. The van der Waals surface area contributed by atoms with Crippen molar-refractivity contribution in [1.82, 2.24) is 15.2 Å². The Labute approximate surface area is 202 Å². The van der Waals surface area contributed by atoms with E-state index in [0.717, 1.165) is 28.2 Å². The number of nitrogens with zero attached hydrogens (tertiary/aromatic N) is 2. The normalized spacial score (nSPS) is 15.5. The number of hydrogen-bond donors (Lipinski definition) is 1. The number of likely N-dealkylation sites (tertiary alicyclic amines) is 1. The van der Waals surface area contributed by atoms with Gasteiger partial charge in [0.15, 0.2) is 0 Å². The lowest BCUT2D eigenvalue weighted by Crippen LogP contribution is -2.46. The highest BCUT2D eigenvalue weighted by Crippen LogP contribution is 2.26. The van der Waals surface area contributed by atoms with Crippen LogP contribution in [0.3, 0.4) is 0 Å². The van der Waals surface area contributed by atoms with E-state index in [1.165, 1.54) is 0 Å². The Hall–Kier alpha value is -2.90. The van der Waals surface area contributed by atoms with E-state index in [4.69, 9.17) is 16.3 Å². The average Bonchev–Trinajstić information content (AvgIpc) is 3.50. The van der Waals surface area contributed by atoms with E-state index >= 15 is 0 Å². The topological polar surface area (TPSA) is 71.5 Å². The molecule has 1 aliphatic rings. The third-order valence-electron chi connectivity index (χ3n) is 5.70. The lowest BCUT2D eigenvalue weighted by molar-refractivity contribution is -0.137. The Bertz CT molecular complexity index is 1120. The summed E-state index contributed by atoms with van der Waals surface area (Å²) in [5.74, 6) is 0.398. The zero-order valence-corrected chi connectivity index (χ0v) is 20.0. The minimum atomic E-state index is -0.429. The highest BCUT2D eigenvalue weighted by atomic mass is 35.5. The van der Waals surface area contributed by atoms with Gasteiger partial charge in [0.05, 0.1) is 24.2 Å². The van der Waals surface area contributed by atoms with Crippen LogP contribution in [0.25, 0.3) is 10.6 Å². The van der Waals surface area contributed by atoms with Gasteiger partial charge in [-0.2, -0.15) is 0 Å². The van der Waals surface area contributed by atoms with Crippen LogP contribution in [0, 0.1) is 0 Å². The molecule has 4 rings (SSSR count). The molecule has 1 saturated heterocycles. The predicted molar refractivity (Wildman–Crippen MR) is 131 cm³/mol. The molecule has 1 atom stereocenters. The zero-order valence-electron chi connectivity index (χ0n) is 18.4. The van der Waals surface area contributed by atoms with Crippen LogP contribution in [0.15, 0.2) is 53.9 Å². The van der Waals surface area contributed by atoms with Gasteiger partial charge in [-0.05, 0) is 30.5 Å². The molecular weight excluding hydrogens is 458 g/mol. The predicted octanol–water partition coefficient (Wildman–Crippen LogP) is 4.36. The molecule has 33 heavy (non-hydrogen) atoms. The minimum absolute atomic E-state index is 0.0686. The van der Waals surface area contributed by atoms with Crippen LogP contribution in [-0.2, 0) is 22.4 Å². The van der Waals surface area contributed by atoms with Crippen LogP contribution in [-0.4, -0.2) is 47.9 Å². The monoisotopic (exact) mass is 483 g/mol. The van der Waals surface area contributed by atoms with Crippen molar-refractivity contribution in [2.24, 2.45) is 0 Å². The molecule has 0 radical (unpaired) electrons. The van der Waals surface area contributed by atoms with Gasteiger partial charge in [-0.3, -0.25) is 9.59 Å². The Morgan fingerprint density at radius 1 is 1.24 bits per heavy atom. The van der Waals surface area contributed by atoms with E-state index in [9.17, 15) is 9.59 Å². The Kier molecular flexibility index (Phi) is 7.62. The number of ether oxygens (including phenoxy) is 1. The zero-order chi connectivity index (χ0) is 23.2.